The van der Waals surface area contributed by atoms with Crippen LogP contribution >= 0.6 is 0 Å². The van der Waals surface area contributed by atoms with E-state index in [9.17, 15) is 17.6 Å². The number of anilines is 1. The molecule has 0 radical (unpaired) electrons. The van der Waals surface area contributed by atoms with Gasteiger partial charge in [-0.1, -0.05) is 37.3 Å². The highest BCUT2D eigenvalue weighted by atomic mass is 32.2. The van der Waals surface area contributed by atoms with Crippen molar-refractivity contribution < 1.29 is 22.1 Å². The molecule has 0 spiro atoms. The maximum absolute atomic E-state index is 13.6. The average molecular weight is 507 g/mol. The van der Waals surface area contributed by atoms with Crippen molar-refractivity contribution >= 4 is 21.6 Å². The molecule has 1 fully saturated rings. The fourth-order valence-electron chi connectivity index (χ4n) is 5.42. The monoisotopic (exact) mass is 506 g/mol. The second kappa shape index (κ2) is 10.7. The first-order chi connectivity index (χ1) is 16.6. The fourth-order valence-corrected chi connectivity index (χ4v) is 6.95. The van der Waals surface area contributed by atoms with Crippen molar-refractivity contribution in [3.8, 4) is 0 Å². The van der Waals surface area contributed by atoms with E-state index in [0.717, 1.165) is 49.9 Å². The number of nitrogens with zero attached hydrogens (tertiary/aromatic N) is 2. The van der Waals surface area contributed by atoms with Crippen LogP contribution in [0.1, 0.15) is 62.5 Å². The van der Waals surface area contributed by atoms with E-state index in [2.05, 4.69) is 20.1 Å². The molecule has 4 rings (SSSR count). The Labute approximate surface area is 206 Å². The number of fused-ring (bicyclic) bond motifs is 1. The molecule has 1 saturated carbocycles. The number of hydrogen-bond acceptors (Lipinski definition) is 6. The lowest BCUT2D eigenvalue weighted by atomic mass is 9.85. The standard InChI is InChI=1S/C25H35FN4O4S/c1-16(15-30-12-11-20-14-21(26)9-10-23(20)30)27-25(31)22(13-19-7-5-4-6-8-19)29-35(32,33)24-17(2)28-34-18(24)3/h9-10,14,16,19,22,29H,4-8,11-13,15H2,1-3H3,(H,27,31). The van der Waals surface area contributed by atoms with Crippen molar-refractivity contribution in [2.24, 2.45) is 5.92 Å². The Morgan fingerprint density at radius 3 is 2.69 bits per heavy atom. The van der Waals surface area contributed by atoms with Gasteiger partial charge in [0.05, 0.1) is 0 Å². The second-order valence-electron chi connectivity index (χ2n) is 9.95. The van der Waals surface area contributed by atoms with Crippen LogP contribution in [-0.2, 0) is 21.2 Å². The number of sulfonamides is 1. The van der Waals surface area contributed by atoms with Crippen LogP contribution < -0.4 is 14.9 Å². The second-order valence-corrected chi connectivity index (χ2v) is 11.6. The van der Waals surface area contributed by atoms with Gasteiger partial charge < -0.3 is 14.7 Å². The molecule has 1 aromatic heterocycles. The third-order valence-electron chi connectivity index (χ3n) is 7.06. The minimum atomic E-state index is -3.99. The summed E-state index contributed by atoms with van der Waals surface area (Å²) in [7, 11) is -3.99. The normalized spacial score (nSPS) is 18.3. The molecule has 2 N–H and O–H groups in total. The Morgan fingerprint density at radius 1 is 1.26 bits per heavy atom. The van der Waals surface area contributed by atoms with Crippen LogP contribution in [0.25, 0.3) is 0 Å². The SMILES string of the molecule is Cc1noc(C)c1S(=O)(=O)NC(CC1CCCCC1)C(=O)NC(C)CN1CCc2cc(F)ccc21. The largest absolute Gasteiger partial charge is 0.369 e. The van der Waals surface area contributed by atoms with E-state index in [1.807, 2.05) is 6.92 Å². The first-order valence-corrected chi connectivity index (χ1v) is 13.9. The molecular formula is C25H35FN4O4S. The number of hydrogen-bond donors (Lipinski definition) is 2. The van der Waals surface area contributed by atoms with E-state index in [-0.39, 0.29) is 34.1 Å². The smallest absolute Gasteiger partial charge is 0.246 e. The van der Waals surface area contributed by atoms with Crippen LogP contribution in [0.5, 0.6) is 0 Å². The molecule has 10 heteroatoms. The van der Waals surface area contributed by atoms with Gasteiger partial charge in [0, 0.05) is 24.8 Å². The molecule has 1 aromatic carbocycles. The average Bonchev–Trinajstić information content (AvgIpc) is 3.35. The Balaban J connectivity index is 1.46. The molecule has 2 atom stereocenters. The highest BCUT2D eigenvalue weighted by molar-refractivity contribution is 7.89. The number of benzene rings is 1. The van der Waals surface area contributed by atoms with Gasteiger partial charge in [-0.2, -0.15) is 4.72 Å². The molecule has 1 aliphatic carbocycles. The number of aromatic nitrogens is 1. The van der Waals surface area contributed by atoms with Crippen molar-refractivity contribution in [1.29, 1.82) is 0 Å². The van der Waals surface area contributed by atoms with Gasteiger partial charge in [0.25, 0.3) is 0 Å². The Hall–Kier alpha value is -2.46. The molecule has 2 aromatic rings. The van der Waals surface area contributed by atoms with Gasteiger partial charge >= 0.3 is 0 Å². The minimum absolute atomic E-state index is 0.00658. The highest BCUT2D eigenvalue weighted by Gasteiger charge is 2.33. The molecule has 0 bridgehead atoms. The van der Waals surface area contributed by atoms with Crippen LogP contribution in [0, 0.1) is 25.6 Å². The van der Waals surface area contributed by atoms with Crippen LogP contribution in [0.2, 0.25) is 0 Å². The summed E-state index contributed by atoms with van der Waals surface area (Å²) in [6.07, 6.45) is 6.57. The minimum Gasteiger partial charge on any atom is -0.369 e. The summed E-state index contributed by atoms with van der Waals surface area (Å²) in [5, 5.41) is 6.77. The first kappa shape index (κ1) is 25.6. The van der Waals surface area contributed by atoms with E-state index in [1.165, 1.54) is 12.5 Å². The van der Waals surface area contributed by atoms with Gasteiger partial charge in [0.1, 0.15) is 22.4 Å². The summed E-state index contributed by atoms with van der Waals surface area (Å²) >= 11 is 0. The van der Waals surface area contributed by atoms with Crippen LogP contribution in [0.3, 0.4) is 0 Å². The third-order valence-corrected chi connectivity index (χ3v) is 8.78. The lowest BCUT2D eigenvalue weighted by Crippen LogP contribution is -2.52. The molecular weight excluding hydrogens is 471 g/mol. The molecule has 8 nitrogen and oxygen atoms in total. The maximum atomic E-state index is 13.6. The van der Waals surface area contributed by atoms with Crippen LogP contribution in [0.15, 0.2) is 27.6 Å². The van der Waals surface area contributed by atoms with Crippen molar-refractivity contribution in [2.45, 2.75) is 82.7 Å². The predicted molar refractivity (Wildman–Crippen MR) is 131 cm³/mol. The Kier molecular flexibility index (Phi) is 7.80. The number of rotatable bonds is 9. The summed E-state index contributed by atoms with van der Waals surface area (Å²) in [4.78, 5) is 15.5. The highest BCUT2D eigenvalue weighted by Crippen LogP contribution is 2.30. The number of amides is 1. The number of carbonyl (C=O) groups is 1. The predicted octanol–water partition coefficient (Wildman–Crippen LogP) is 3.62. The lowest BCUT2D eigenvalue weighted by molar-refractivity contribution is -0.123. The zero-order chi connectivity index (χ0) is 25.2. The number of halogens is 1. The molecule has 1 aliphatic heterocycles. The number of aryl methyl sites for hydroxylation is 2. The summed E-state index contributed by atoms with van der Waals surface area (Å²) < 4.78 is 47.6. The quantitative estimate of drug-likeness (QED) is 0.538. The van der Waals surface area contributed by atoms with E-state index in [1.54, 1.807) is 26.0 Å². The third kappa shape index (κ3) is 6.03. The number of nitrogens with one attached hydrogen (secondary N) is 2. The fraction of sp³-hybridized carbons (Fsp3) is 0.600. The van der Waals surface area contributed by atoms with Gasteiger partial charge in [0.15, 0.2) is 5.76 Å². The van der Waals surface area contributed by atoms with Gasteiger partial charge in [-0.3, -0.25) is 4.79 Å². The Bertz CT molecular complexity index is 1140. The molecule has 0 saturated heterocycles. The molecule has 35 heavy (non-hydrogen) atoms. The van der Waals surface area contributed by atoms with E-state index in [0.29, 0.717) is 18.9 Å². The first-order valence-electron chi connectivity index (χ1n) is 12.4. The van der Waals surface area contributed by atoms with Crippen molar-refractivity contribution in [1.82, 2.24) is 15.2 Å². The zero-order valence-electron chi connectivity index (χ0n) is 20.6. The summed E-state index contributed by atoms with van der Waals surface area (Å²) in [5.74, 6) is -0.0909. The van der Waals surface area contributed by atoms with Crippen molar-refractivity contribution in [2.75, 3.05) is 18.0 Å². The zero-order valence-corrected chi connectivity index (χ0v) is 21.5. The van der Waals surface area contributed by atoms with E-state index >= 15 is 0 Å². The molecule has 192 valence electrons. The van der Waals surface area contributed by atoms with E-state index < -0.39 is 16.1 Å². The summed E-state index contributed by atoms with van der Waals surface area (Å²) in [6, 6.07) is 3.66. The van der Waals surface area contributed by atoms with Crippen molar-refractivity contribution in [3.05, 3.63) is 41.0 Å². The topological polar surface area (TPSA) is 105 Å². The number of carbonyl (C=O) groups excluding carboxylic acids is 1. The van der Waals surface area contributed by atoms with Gasteiger partial charge in [-0.05, 0) is 63.3 Å². The van der Waals surface area contributed by atoms with Crippen molar-refractivity contribution in [3.63, 3.8) is 0 Å². The molecule has 2 unspecified atom stereocenters. The lowest BCUT2D eigenvalue weighted by Gasteiger charge is -2.29. The maximum Gasteiger partial charge on any atom is 0.246 e. The van der Waals surface area contributed by atoms with Crippen LogP contribution in [0.4, 0.5) is 10.1 Å². The van der Waals surface area contributed by atoms with Crippen LogP contribution in [-0.4, -0.2) is 44.7 Å². The summed E-state index contributed by atoms with van der Waals surface area (Å²) in [5.41, 5.74) is 2.21. The molecule has 1 amide bonds. The Morgan fingerprint density at radius 2 is 2.00 bits per heavy atom. The van der Waals surface area contributed by atoms with Gasteiger partial charge in [0.2, 0.25) is 15.9 Å². The van der Waals surface area contributed by atoms with Gasteiger partial charge in [-0.15, -0.1) is 0 Å². The van der Waals surface area contributed by atoms with E-state index in [4.69, 9.17) is 4.52 Å². The molecule has 2 heterocycles. The summed E-state index contributed by atoms with van der Waals surface area (Å²) in [6.45, 7) is 6.33. The molecule has 2 aliphatic rings. The van der Waals surface area contributed by atoms with Gasteiger partial charge in [-0.25, -0.2) is 12.8 Å².